The van der Waals surface area contributed by atoms with Gasteiger partial charge in [-0.05, 0) is 48.5 Å². The number of aromatic nitrogens is 1. The molecule has 0 aliphatic carbocycles. The van der Waals surface area contributed by atoms with Gasteiger partial charge in [-0.3, -0.25) is 10.2 Å². The molecule has 2 heterocycles. The third-order valence-electron chi connectivity index (χ3n) is 5.75. The van der Waals surface area contributed by atoms with Crippen molar-refractivity contribution >= 4 is 33.9 Å². The van der Waals surface area contributed by atoms with E-state index in [0.717, 1.165) is 5.39 Å². The Morgan fingerprint density at radius 2 is 1.58 bits per heavy atom. The van der Waals surface area contributed by atoms with E-state index in [2.05, 4.69) is 5.43 Å². The summed E-state index contributed by atoms with van der Waals surface area (Å²) in [6.45, 7) is 0. The minimum atomic E-state index is -0.538. The van der Waals surface area contributed by atoms with Gasteiger partial charge in [0.1, 0.15) is 22.8 Å². The highest BCUT2D eigenvalue weighted by molar-refractivity contribution is 7.07. The van der Waals surface area contributed by atoms with Crippen LogP contribution >= 0.6 is 11.3 Å². The Balaban J connectivity index is 1.65. The number of amides is 1. The molecule has 9 nitrogen and oxygen atoms in total. The van der Waals surface area contributed by atoms with Crippen molar-refractivity contribution in [3.05, 3.63) is 99.0 Å². The molecule has 0 spiro atoms. The molecule has 10 heteroatoms. The minimum Gasteiger partial charge on any atom is -0.497 e. The lowest BCUT2D eigenvalue weighted by Crippen LogP contribution is -2.31. The fourth-order valence-electron chi connectivity index (χ4n) is 3.80. The smallest absolute Gasteiger partial charge is 0.345 e. The van der Waals surface area contributed by atoms with E-state index in [1.54, 1.807) is 73.2 Å². The average molecular weight is 530 g/mol. The zero-order valence-electron chi connectivity index (χ0n) is 20.8. The van der Waals surface area contributed by atoms with Crippen molar-refractivity contribution in [1.82, 2.24) is 4.68 Å². The van der Waals surface area contributed by atoms with Crippen LogP contribution < -0.4 is 30.1 Å². The van der Waals surface area contributed by atoms with E-state index in [1.165, 1.54) is 30.2 Å². The van der Waals surface area contributed by atoms with Crippen LogP contribution in [0.5, 0.6) is 17.2 Å². The predicted octanol–water partition coefficient (Wildman–Crippen LogP) is 4.97. The van der Waals surface area contributed by atoms with Crippen LogP contribution in [0.2, 0.25) is 0 Å². The van der Waals surface area contributed by atoms with Gasteiger partial charge in [0.25, 0.3) is 5.91 Å². The normalized spacial score (nSPS) is 11.4. The van der Waals surface area contributed by atoms with Gasteiger partial charge in [0.15, 0.2) is 0 Å². The molecule has 0 bridgehead atoms. The van der Waals surface area contributed by atoms with Crippen molar-refractivity contribution in [3.8, 4) is 28.5 Å². The van der Waals surface area contributed by atoms with Crippen LogP contribution in [-0.4, -0.2) is 31.9 Å². The minimum absolute atomic E-state index is 0.277. The molecule has 0 saturated heterocycles. The van der Waals surface area contributed by atoms with Gasteiger partial charge in [-0.15, -0.1) is 11.3 Å². The number of nitrogens with zero attached hydrogens (tertiary/aromatic N) is 2. The first-order chi connectivity index (χ1) is 18.5. The molecule has 192 valence electrons. The number of rotatable bonds is 7. The molecule has 0 saturated carbocycles. The van der Waals surface area contributed by atoms with Gasteiger partial charge < -0.3 is 18.6 Å². The number of para-hydroxylation sites is 1. The van der Waals surface area contributed by atoms with Gasteiger partial charge in [0, 0.05) is 22.4 Å². The van der Waals surface area contributed by atoms with Gasteiger partial charge in [-0.2, -0.15) is 0 Å². The average Bonchev–Trinajstić information content (AvgIpc) is 3.33. The van der Waals surface area contributed by atoms with Crippen molar-refractivity contribution in [2.45, 2.75) is 0 Å². The van der Waals surface area contributed by atoms with Gasteiger partial charge >= 0.3 is 5.63 Å². The Hall–Kier alpha value is -4.83. The Morgan fingerprint density at radius 1 is 0.895 bits per heavy atom. The van der Waals surface area contributed by atoms with Crippen LogP contribution in [-0.2, 0) is 0 Å². The third-order valence-corrected chi connectivity index (χ3v) is 6.58. The summed E-state index contributed by atoms with van der Waals surface area (Å²) in [6, 6.07) is 21.0. The molecule has 1 amide bonds. The highest BCUT2D eigenvalue weighted by Gasteiger charge is 2.18. The molecule has 5 rings (SSSR count). The van der Waals surface area contributed by atoms with E-state index >= 15 is 0 Å². The molecule has 38 heavy (non-hydrogen) atoms. The molecule has 0 radical (unpaired) electrons. The molecule has 5 aromatic rings. The first-order valence-corrected chi connectivity index (χ1v) is 12.3. The summed E-state index contributed by atoms with van der Waals surface area (Å²) in [5, 5.41) is 2.49. The second-order valence-electron chi connectivity index (χ2n) is 8.08. The Kier molecular flexibility index (Phi) is 6.96. The summed E-state index contributed by atoms with van der Waals surface area (Å²) < 4.78 is 22.9. The van der Waals surface area contributed by atoms with Crippen molar-refractivity contribution < 1.29 is 23.4 Å². The number of methoxy groups -OCH3 is 3. The lowest BCUT2D eigenvalue weighted by molar-refractivity contribution is 0.101. The summed E-state index contributed by atoms with van der Waals surface area (Å²) in [6.07, 6.45) is 0. The number of thiazole rings is 1. The molecule has 1 N–H and O–H groups in total. The van der Waals surface area contributed by atoms with Crippen molar-refractivity contribution in [3.63, 3.8) is 0 Å². The lowest BCUT2D eigenvalue weighted by Gasteiger charge is -2.12. The Morgan fingerprint density at radius 3 is 2.26 bits per heavy atom. The summed E-state index contributed by atoms with van der Waals surface area (Å²) in [5.41, 5.74) is 4.44. The summed E-state index contributed by atoms with van der Waals surface area (Å²) in [5.74, 6) is 1.16. The number of nitrogens with one attached hydrogen (secondary N) is 1. The maximum atomic E-state index is 13.4. The van der Waals surface area contributed by atoms with Crippen LogP contribution in [0.25, 0.3) is 22.2 Å². The highest BCUT2D eigenvalue weighted by Crippen LogP contribution is 2.25. The molecule has 0 unspecified atom stereocenters. The first-order valence-electron chi connectivity index (χ1n) is 11.5. The maximum absolute atomic E-state index is 13.4. The number of benzene rings is 3. The van der Waals surface area contributed by atoms with E-state index in [4.69, 9.17) is 23.6 Å². The van der Waals surface area contributed by atoms with Crippen LogP contribution in [0.3, 0.4) is 0 Å². The maximum Gasteiger partial charge on any atom is 0.345 e. The summed E-state index contributed by atoms with van der Waals surface area (Å²) in [4.78, 5) is 31.5. The Labute approximate surface area is 221 Å². The molecule has 3 aromatic carbocycles. The molecular weight excluding hydrogens is 506 g/mol. The van der Waals surface area contributed by atoms with E-state index in [1.807, 2.05) is 12.1 Å². The van der Waals surface area contributed by atoms with Gasteiger partial charge in [-0.1, -0.05) is 18.2 Å². The van der Waals surface area contributed by atoms with Gasteiger partial charge in [-0.25, -0.2) is 14.5 Å². The van der Waals surface area contributed by atoms with Crippen molar-refractivity contribution in [2.75, 3.05) is 26.8 Å². The van der Waals surface area contributed by atoms with Crippen LogP contribution in [0.1, 0.15) is 10.4 Å². The standard InChI is InChI=1S/C28H23N3O6S/c1-34-20-10-8-19(9-11-20)29-28-31(30-26(32)18-12-21(35-2)15-22(13-18)36-3)24(16-38-28)23-14-17-6-4-5-7-25(17)37-27(23)33/h4-16H,1-3H3,(H,30,32). The van der Waals surface area contributed by atoms with Crippen LogP contribution in [0, 0.1) is 0 Å². The van der Waals surface area contributed by atoms with Crippen LogP contribution in [0.4, 0.5) is 5.69 Å². The van der Waals surface area contributed by atoms with E-state index in [-0.39, 0.29) is 5.56 Å². The number of carbonyl (C=O) groups excluding carboxylic acids is 1. The SMILES string of the molecule is COc1ccc(N=c2scc(-c3cc4ccccc4oc3=O)n2NC(=O)c2cc(OC)cc(OC)c2)cc1. The topological polar surface area (TPSA) is 104 Å². The zero-order chi connectivity index (χ0) is 26.6. The lowest BCUT2D eigenvalue weighted by atomic mass is 10.1. The Bertz CT molecular complexity index is 1730. The third kappa shape index (κ3) is 5.02. The first kappa shape index (κ1) is 24.8. The predicted molar refractivity (Wildman–Crippen MR) is 145 cm³/mol. The van der Waals surface area contributed by atoms with Crippen molar-refractivity contribution in [1.29, 1.82) is 0 Å². The summed E-state index contributed by atoms with van der Waals surface area (Å²) in [7, 11) is 4.60. The van der Waals surface area contributed by atoms with E-state index in [9.17, 15) is 9.59 Å². The van der Waals surface area contributed by atoms with E-state index < -0.39 is 11.5 Å². The monoisotopic (exact) mass is 529 g/mol. The highest BCUT2D eigenvalue weighted by atomic mass is 32.1. The molecule has 2 aromatic heterocycles. The summed E-state index contributed by atoms with van der Waals surface area (Å²) >= 11 is 1.26. The molecule has 0 fully saturated rings. The second kappa shape index (κ2) is 10.7. The fraction of sp³-hybridized carbons (Fsp3) is 0.107. The molecule has 0 atom stereocenters. The number of hydrogen-bond acceptors (Lipinski definition) is 8. The molecular formula is C28H23N3O6S. The fourth-order valence-corrected chi connectivity index (χ4v) is 4.65. The van der Waals surface area contributed by atoms with Gasteiger partial charge in [0.05, 0.1) is 38.3 Å². The van der Waals surface area contributed by atoms with Gasteiger partial charge in [0.2, 0.25) is 4.80 Å². The number of carbonyl (C=O) groups is 1. The quantitative estimate of drug-likeness (QED) is 0.299. The molecule has 0 aliphatic rings. The molecule has 0 aliphatic heterocycles. The van der Waals surface area contributed by atoms with Crippen molar-refractivity contribution in [2.24, 2.45) is 4.99 Å². The second-order valence-corrected chi connectivity index (χ2v) is 8.91. The van der Waals surface area contributed by atoms with Crippen LogP contribution in [0.15, 0.2) is 92.4 Å². The zero-order valence-corrected chi connectivity index (χ0v) is 21.6. The van der Waals surface area contributed by atoms with E-state index in [0.29, 0.717) is 44.6 Å². The number of ether oxygens (including phenoxy) is 3. The number of fused-ring (bicyclic) bond motifs is 1. The number of hydrogen-bond donors (Lipinski definition) is 1. The largest absolute Gasteiger partial charge is 0.497 e.